The van der Waals surface area contributed by atoms with E-state index in [0.29, 0.717) is 22.6 Å². The summed E-state index contributed by atoms with van der Waals surface area (Å²) in [5.41, 5.74) is 1.90. The Morgan fingerprint density at radius 2 is 1.67 bits per heavy atom. The molecule has 1 unspecified atom stereocenters. The van der Waals surface area contributed by atoms with Crippen molar-refractivity contribution in [2.75, 3.05) is 13.4 Å². The minimum Gasteiger partial charge on any atom is -0.465 e. The first kappa shape index (κ1) is 18.4. The Bertz CT molecular complexity index is 798. The smallest absolute Gasteiger partial charge is 0.337 e. The molecule has 0 fully saturated rings. The number of esters is 1. The zero-order valence-corrected chi connectivity index (χ0v) is 14.8. The van der Waals surface area contributed by atoms with Gasteiger partial charge >= 0.3 is 5.97 Å². The maximum Gasteiger partial charge on any atom is 0.337 e. The second-order valence-electron chi connectivity index (χ2n) is 5.23. The zero-order valence-electron chi connectivity index (χ0n) is 13.2. The molecule has 0 aliphatic rings. The van der Waals surface area contributed by atoms with Crippen LogP contribution < -0.4 is 0 Å². The lowest BCUT2D eigenvalue weighted by Crippen LogP contribution is -2.13. The fourth-order valence-corrected chi connectivity index (χ4v) is 2.93. The predicted octanol–water partition coefficient (Wildman–Crippen LogP) is 3.39. The second-order valence-corrected chi connectivity index (χ2v) is 7.27. The van der Waals surface area contributed by atoms with Crippen LogP contribution in [0.1, 0.15) is 27.6 Å². The molecule has 0 radical (unpaired) electrons. The second kappa shape index (κ2) is 7.79. The Morgan fingerprint density at radius 1 is 1.08 bits per heavy atom. The molecule has 0 aromatic heterocycles. The first-order valence-electron chi connectivity index (χ1n) is 7.09. The normalized spacial score (nSPS) is 12.6. The molecule has 128 valence electrons. The van der Waals surface area contributed by atoms with Crippen LogP contribution in [0.15, 0.2) is 48.5 Å². The highest BCUT2D eigenvalue weighted by molar-refractivity contribution is 7.86. The Labute approximate surface area is 146 Å². The molecule has 0 aliphatic carbocycles. The summed E-state index contributed by atoms with van der Waals surface area (Å²) in [4.78, 5) is 11.5. The average Bonchev–Trinajstić information content (AvgIpc) is 2.54. The first-order chi connectivity index (χ1) is 11.3. The predicted molar refractivity (Wildman–Crippen MR) is 91.6 cm³/mol. The van der Waals surface area contributed by atoms with E-state index in [2.05, 4.69) is 4.74 Å². The van der Waals surface area contributed by atoms with E-state index in [9.17, 15) is 13.2 Å². The van der Waals surface area contributed by atoms with Crippen molar-refractivity contribution in [3.8, 4) is 0 Å². The molecule has 0 aliphatic heterocycles. The minimum absolute atomic E-state index is 0.349. The van der Waals surface area contributed by atoms with Gasteiger partial charge in [0, 0.05) is 11.4 Å². The van der Waals surface area contributed by atoms with Crippen molar-refractivity contribution < 1.29 is 22.1 Å². The van der Waals surface area contributed by atoms with E-state index in [-0.39, 0.29) is 0 Å². The van der Waals surface area contributed by atoms with E-state index < -0.39 is 22.2 Å². The fourth-order valence-electron chi connectivity index (χ4n) is 2.20. The molecule has 24 heavy (non-hydrogen) atoms. The Morgan fingerprint density at radius 3 is 2.17 bits per heavy atom. The third kappa shape index (κ3) is 5.33. The molecular formula is C17H17ClO5S. The van der Waals surface area contributed by atoms with E-state index in [0.717, 1.165) is 11.8 Å². The van der Waals surface area contributed by atoms with Gasteiger partial charge in [-0.2, -0.15) is 8.42 Å². The SMILES string of the molecule is COC(=O)c1ccc(C(Cc2ccc(Cl)cc2)OS(C)(=O)=O)cc1. The number of carbonyl (C=O) groups is 1. The van der Waals surface area contributed by atoms with Gasteiger partial charge in [-0.25, -0.2) is 4.79 Å². The van der Waals surface area contributed by atoms with E-state index in [1.54, 1.807) is 36.4 Å². The van der Waals surface area contributed by atoms with Gasteiger partial charge in [-0.1, -0.05) is 35.9 Å². The quantitative estimate of drug-likeness (QED) is 0.577. The molecule has 2 aromatic rings. The molecule has 0 saturated heterocycles. The van der Waals surface area contributed by atoms with Gasteiger partial charge in [0.15, 0.2) is 0 Å². The summed E-state index contributed by atoms with van der Waals surface area (Å²) in [6.07, 6.45) is 0.653. The molecule has 2 rings (SSSR count). The lowest BCUT2D eigenvalue weighted by atomic mass is 10.0. The Balaban J connectivity index is 2.28. The average molecular weight is 369 g/mol. The van der Waals surface area contributed by atoms with Gasteiger partial charge in [0.1, 0.15) is 6.10 Å². The number of carbonyl (C=O) groups excluding carboxylic acids is 1. The number of halogens is 1. The van der Waals surface area contributed by atoms with Crippen LogP contribution in [0.2, 0.25) is 5.02 Å². The zero-order chi connectivity index (χ0) is 17.7. The van der Waals surface area contributed by atoms with Gasteiger partial charge in [-0.15, -0.1) is 0 Å². The van der Waals surface area contributed by atoms with Crippen LogP contribution in [-0.2, 0) is 25.5 Å². The topological polar surface area (TPSA) is 69.7 Å². The van der Waals surface area contributed by atoms with E-state index in [4.69, 9.17) is 15.8 Å². The maximum atomic E-state index is 11.6. The van der Waals surface area contributed by atoms with Crippen molar-refractivity contribution >= 4 is 27.7 Å². The van der Waals surface area contributed by atoms with Gasteiger partial charge in [0.25, 0.3) is 10.1 Å². The lowest BCUT2D eigenvalue weighted by Gasteiger charge is -2.17. The summed E-state index contributed by atoms with van der Waals surface area (Å²) >= 11 is 5.86. The molecule has 1 atom stereocenters. The van der Waals surface area contributed by atoms with Gasteiger partial charge < -0.3 is 4.74 Å². The van der Waals surface area contributed by atoms with Crippen molar-refractivity contribution in [2.24, 2.45) is 0 Å². The number of hydrogen-bond acceptors (Lipinski definition) is 5. The summed E-state index contributed by atoms with van der Waals surface area (Å²) in [5, 5.41) is 0.599. The monoisotopic (exact) mass is 368 g/mol. The van der Waals surface area contributed by atoms with E-state index in [1.807, 2.05) is 12.1 Å². The van der Waals surface area contributed by atoms with Crippen LogP contribution in [0.3, 0.4) is 0 Å². The van der Waals surface area contributed by atoms with Crippen molar-refractivity contribution in [3.05, 3.63) is 70.2 Å². The molecule has 0 saturated carbocycles. The maximum absolute atomic E-state index is 11.6. The molecule has 7 heteroatoms. The van der Waals surface area contributed by atoms with Crippen LogP contribution in [0.4, 0.5) is 0 Å². The van der Waals surface area contributed by atoms with Crippen molar-refractivity contribution in [1.29, 1.82) is 0 Å². The van der Waals surface area contributed by atoms with Gasteiger partial charge in [0.05, 0.1) is 18.9 Å². The van der Waals surface area contributed by atoms with Crippen molar-refractivity contribution in [3.63, 3.8) is 0 Å². The molecule has 0 heterocycles. The molecule has 2 aromatic carbocycles. The summed E-state index contributed by atoms with van der Waals surface area (Å²) in [6.45, 7) is 0. The van der Waals surface area contributed by atoms with Crippen molar-refractivity contribution in [1.82, 2.24) is 0 Å². The molecule has 0 bridgehead atoms. The van der Waals surface area contributed by atoms with Crippen LogP contribution in [-0.4, -0.2) is 27.8 Å². The summed E-state index contributed by atoms with van der Waals surface area (Å²) in [6, 6.07) is 13.5. The lowest BCUT2D eigenvalue weighted by molar-refractivity contribution is 0.0600. The minimum atomic E-state index is -3.65. The first-order valence-corrected chi connectivity index (χ1v) is 9.29. The largest absolute Gasteiger partial charge is 0.465 e. The Kier molecular flexibility index (Phi) is 5.99. The van der Waals surface area contributed by atoms with Crippen molar-refractivity contribution in [2.45, 2.75) is 12.5 Å². The standard InChI is InChI=1S/C17H17ClO5S/c1-22-17(19)14-7-5-13(6-8-14)16(23-24(2,20)21)11-12-3-9-15(18)10-4-12/h3-10,16H,11H2,1-2H3. The van der Waals surface area contributed by atoms with Crippen LogP contribution >= 0.6 is 11.6 Å². The summed E-state index contributed by atoms with van der Waals surface area (Å²) in [5.74, 6) is -0.458. The summed E-state index contributed by atoms with van der Waals surface area (Å²) in [7, 11) is -2.35. The molecule has 0 N–H and O–H groups in total. The molecule has 0 spiro atoms. The van der Waals surface area contributed by atoms with Crippen LogP contribution in [0, 0.1) is 0 Å². The number of benzene rings is 2. The number of methoxy groups -OCH3 is 1. The van der Waals surface area contributed by atoms with E-state index in [1.165, 1.54) is 7.11 Å². The van der Waals surface area contributed by atoms with Crippen LogP contribution in [0.25, 0.3) is 0 Å². The molecular weight excluding hydrogens is 352 g/mol. The highest BCUT2D eigenvalue weighted by atomic mass is 35.5. The number of rotatable bonds is 6. The summed E-state index contributed by atoms with van der Waals surface area (Å²) < 4.78 is 33.0. The van der Waals surface area contributed by atoms with Gasteiger partial charge in [0.2, 0.25) is 0 Å². The van der Waals surface area contributed by atoms with Gasteiger partial charge in [-0.05, 0) is 35.4 Å². The molecule has 0 amide bonds. The third-order valence-corrected chi connectivity index (χ3v) is 4.16. The number of ether oxygens (including phenoxy) is 1. The highest BCUT2D eigenvalue weighted by Crippen LogP contribution is 2.25. The third-order valence-electron chi connectivity index (χ3n) is 3.33. The highest BCUT2D eigenvalue weighted by Gasteiger charge is 2.19. The molecule has 5 nitrogen and oxygen atoms in total. The van der Waals surface area contributed by atoms with Crippen LogP contribution in [0.5, 0.6) is 0 Å². The van der Waals surface area contributed by atoms with Gasteiger partial charge in [-0.3, -0.25) is 4.18 Å². The fraction of sp³-hybridized carbons (Fsp3) is 0.235. The van der Waals surface area contributed by atoms with E-state index >= 15 is 0 Å². The number of hydrogen-bond donors (Lipinski definition) is 0. The Hall–Kier alpha value is -1.89.